The Morgan fingerprint density at radius 2 is 2.12 bits per heavy atom. The molecular weight excluding hydrogens is 307 g/mol. The van der Waals surface area contributed by atoms with Gasteiger partial charge < -0.3 is 10.0 Å². The molecule has 1 N–H and O–H groups in total. The molecule has 1 aliphatic rings. The largest absolute Gasteiger partial charge is 0.393 e. The summed E-state index contributed by atoms with van der Waals surface area (Å²) in [5, 5.41) is 10.3. The number of carbonyl (C=O) groups is 1. The summed E-state index contributed by atoms with van der Waals surface area (Å²) in [5.74, 6) is -0.515. The summed E-state index contributed by atoms with van der Waals surface area (Å²) in [6.07, 6.45) is 2.06. The highest BCUT2D eigenvalue weighted by Crippen LogP contribution is 2.24. The summed E-state index contributed by atoms with van der Waals surface area (Å²) in [5.41, 5.74) is 1.85. The van der Waals surface area contributed by atoms with Gasteiger partial charge in [0.05, 0.1) is 11.7 Å². The number of hydrogen-bond donors (Lipinski definition) is 1. The van der Waals surface area contributed by atoms with E-state index in [0.717, 1.165) is 0 Å². The number of nitrogens with zero attached hydrogens (tertiary/aromatic N) is 2. The number of likely N-dealkylation sites (tertiary alicyclic amines) is 1. The highest BCUT2D eigenvalue weighted by atomic mass is 19.1. The second-order valence-corrected chi connectivity index (χ2v) is 6.30. The number of aryl methyl sites for hydroxylation is 1. The number of carbonyl (C=O) groups excluding carboxylic acids is 1. The number of halogens is 1. The number of rotatable bonds is 3. The first-order valence-electron chi connectivity index (χ1n) is 8.18. The lowest BCUT2D eigenvalue weighted by molar-refractivity contribution is 0.0238. The molecular formula is C19H21FN2O2. The molecule has 0 radical (unpaired) electrons. The molecule has 126 valence electrons. The van der Waals surface area contributed by atoms with Gasteiger partial charge in [0.25, 0.3) is 5.91 Å². The molecule has 3 rings (SSSR count). The van der Waals surface area contributed by atoms with Gasteiger partial charge in [-0.25, -0.2) is 4.39 Å². The van der Waals surface area contributed by atoms with Crippen LogP contribution in [0.4, 0.5) is 4.39 Å². The van der Waals surface area contributed by atoms with Crippen molar-refractivity contribution in [3.63, 3.8) is 0 Å². The van der Waals surface area contributed by atoms with Gasteiger partial charge in [0.15, 0.2) is 0 Å². The summed E-state index contributed by atoms with van der Waals surface area (Å²) in [6, 6.07) is 10.1. The molecule has 0 spiro atoms. The van der Waals surface area contributed by atoms with Gasteiger partial charge in [0.2, 0.25) is 0 Å². The second kappa shape index (κ2) is 7.09. The normalized spacial score (nSPS) is 20.9. The lowest BCUT2D eigenvalue weighted by atomic mass is 9.88. The molecule has 1 saturated heterocycles. The van der Waals surface area contributed by atoms with Gasteiger partial charge in [-0.05, 0) is 43.5 Å². The first-order valence-corrected chi connectivity index (χ1v) is 8.18. The van der Waals surface area contributed by atoms with Crippen LogP contribution in [-0.2, 0) is 6.42 Å². The molecule has 4 nitrogen and oxygen atoms in total. The molecule has 0 unspecified atom stereocenters. The Bertz CT molecular complexity index is 735. The van der Waals surface area contributed by atoms with Crippen molar-refractivity contribution in [2.45, 2.75) is 25.9 Å². The van der Waals surface area contributed by atoms with Crippen molar-refractivity contribution in [3.05, 3.63) is 65.2 Å². The van der Waals surface area contributed by atoms with E-state index in [1.807, 2.05) is 6.92 Å². The number of piperidine rings is 1. The van der Waals surface area contributed by atoms with Crippen LogP contribution in [0.3, 0.4) is 0 Å². The molecule has 1 amide bonds. The van der Waals surface area contributed by atoms with Crippen molar-refractivity contribution >= 4 is 5.91 Å². The predicted octanol–water partition coefficient (Wildman–Crippen LogP) is 2.59. The van der Waals surface area contributed by atoms with Crippen molar-refractivity contribution in [2.24, 2.45) is 5.92 Å². The topological polar surface area (TPSA) is 53.4 Å². The van der Waals surface area contributed by atoms with Crippen LogP contribution in [0, 0.1) is 18.7 Å². The minimum absolute atomic E-state index is 0.0777. The van der Waals surface area contributed by atoms with Crippen molar-refractivity contribution in [3.8, 4) is 0 Å². The third-order valence-corrected chi connectivity index (χ3v) is 4.66. The monoisotopic (exact) mass is 328 g/mol. The van der Waals surface area contributed by atoms with E-state index < -0.39 is 6.10 Å². The minimum atomic E-state index is -0.524. The van der Waals surface area contributed by atoms with E-state index in [1.165, 1.54) is 6.07 Å². The van der Waals surface area contributed by atoms with E-state index in [-0.39, 0.29) is 17.6 Å². The zero-order chi connectivity index (χ0) is 17.1. The fraction of sp³-hybridized carbons (Fsp3) is 0.368. The standard InChI is InChI=1S/C19H21FN2O2/c1-13-16(6-4-9-21-13)19(24)22-10-8-18(23)15(12-22)11-14-5-2-3-7-17(14)20/h2-7,9,15,18,23H,8,10-12H2,1H3/t15-,18+/m1/s1. The molecule has 1 aromatic heterocycles. The van der Waals surface area contributed by atoms with Crippen LogP contribution in [-0.4, -0.2) is 40.1 Å². The molecule has 1 aliphatic heterocycles. The highest BCUT2D eigenvalue weighted by molar-refractivity contribution is 5.95. The van der Waals surface area contributed by atoms with Gasteiger partial charge in [0.1, 0.15) is 5.82 Å². The molecule has 2 atom stereocenters. The average molecular weight is 328 g/mol. The molecule has 0 saturated carbocycles. The number of aromatic nitrogens is 1. The van der Waals surface area contributed by atoms with Gasteiger partial charge in [-0.2, -0.15) is 0 Å². The highest BCUT2D eigenvalue weighted by Gasteiger charge is 2.31. The Morgan fingerprint density at radius 3 is 2.88 bits per heavy atom. The van der Waals surface area contributed by atoms with Crippen LogP contribution in [0.15, 0.2) is 42.6 Å². The average Bonchev–Trinajstić information content (AvgIpc) is 2.58. The van der Waals surface area contributed by atoms with Crippen LogP contribution in [0.5, 0.6) is 0 Å². The van der Waals surface area contributed by atoms with Gasteiger partial charge in [-0.1, -0.05) is 18.2 Å². The van der Waals surface area contributed by atoms with E-state index in [0.29, 0.717) is 42.8 Å². The molecule has 1 aromatic carbocycles. The number of hydrogen-bond acceptors (Lipinski definition) is 3. The Kier molecular flexibility index (Phi) is 4.90. The van der Waals surface area contributed by atoms with Crippen LogP contribution in [0.1, 0.15) is 28.0 Å². The maximum absolute atomic E-state index is 13.9. The Labute approximate surface area is 141 Å². The lowest BCUT2D eigenvalue weighted by Gasteiger charge is -2.36. The van der Waals surface area contributed by atoms with Crippen LogP contribution in [0.2, 0.25) is 0 Å². The second-order valence-electron chi connectivity index (χ2n) is 6.30. The van der Waals surface area contributed by atoms with Crippen LogP contribution >= 0.6 is 0 Å². The number of aliphatic hydroxyl groups excluding tert-OH is 1. The molecule has 2 aromatic rings. The smallest absolute Gasteiger partial charge is 0.255 e. The van der Waals surface area contributed by atoms with Gasteiger partial charge in [-0.15, -0.1) is 0 Å². The third kappa shape index (κ3) is 3.46. The summed E-state index contributed by atoms with van der Waals surface area (Å²) < 4.78 is 13.9. The Hall–Kier alpha value is -2.27. The molecule has 5 heteroatoms. The zero-order valence-corrected chi connectivity index (χ0v) is 13.7. The van der Waals surface area contributed by atoms with Gasteiger partial charge in [0, 0.05) is 30.9 Å². The van der Waals surface area contributed by atoms with Crippen molar-refractivity contribution < 1.29 is 14.3 Å². The van der Waals surface area contributed by atoms with Crippen LogP contribution < -0.4 is 0 Å². The Balaban J connectivity index is 1.75. The van der Waals surface area contributed by atoms with E-state index in [2.05, 4.69) is 4.98 Å². The van der Waals surface area contributed by atoms with Gasteiger partial charge in [-0.3, -0.25) is 9.78 Å². The maximum atomic E-state index is 13.9. The summed E-state index contributed by atoms with van der Waals surface area (Å²) in [7, 11) is 0. The molecule has 0 bridgehead atoms. The third-order valence-electron chi connectivity index (χ3n) is 4.66. The van der Waals surface area contributed by atoms with Gasteiger partial charge >= 0.3 is 0 Å². The summed E-state index contributed by atoms with van der Waals surface area (Å²) in [6.45, 7) is 2.73. The maximum Gasteiger partial charge on any atom is 0.255 e. The SMILES string of the molecule is Cc1ncccc1C(=O)N1CC[C@H](O)[C@H](Cc2ccccc2F)C1. The summed E-state index contributed by atoms with van der Waals surface area (Å²) in [4.78, 5) is 18.6. The van der Waals surface area contributed by atoms with Crippen molar-refractivity contribution in [1.29, 1.82) is 0 Å². The lowest BCUT2D eigenvalue weighted by Crippen LogP contribution is -2.47. The number of pyridine rings is 1. The quantitative estimate of drug-likeness (QED) is 0.942. The van der Waals surface area contributed by atoms with Crippen LogP contribution in [0.25, 0.3) is 0 Å². The molecule has 2 heterocycles. The fourth-order valence-corrected chi connectivity index (χ4v) is 3.23. The molecule has 1 fully saturated rings. The van der Waals surface area contributed by atoms with E-state index in [9.17, 15) is 14.3 Å². The van der Waals surface area contributed by atoms with Crippen molar-refractivity contribution in [2.75, 3.05) is 13.1 Å². The first-order chi connectivity index (χ1) is 11.6. The zero-order valence-electron chi connectivity index (χ0n) is 13.7. The number of amides is 1. The number of aliphatic hydroxyl groups is 1. The minimum Gasteiger partial charge on any atom is -0.393 e. The number of benzene rings is 1. The summed E-state index contributed by atoms with van der Waals surface area (Å²) >= 11 is 0. The van der Waals surface area contributed by atoms with E-state index >= 15 is 0 Å². The van der Waals surface area contributed by atoms with E-state index in [1.54, 1.807) is 41.4 Å². The molecule has 24 heavy (non-hydrogen) atoms. The first kappa shape index (κ1) is 16.6. The Morgan fingerprint density at radius 1 is 1.33 bits per heavy atom. The van der Waals surface area contributed by atoms with E-state index in [4.69, 9.17) is 0 Å². The van der Waals surface area contributed by atoms with Crippen molar-refractivity contribution in [1.82, 2.24) is 9.88 Å². The molecule has 0 aliphatic carbocycles. The fourth-order valence-electron chi connectivity index (χ4n) is 3.23. The predicted molar refractivity (Wildman–Crippen MR) is 89.1 cm³/mol.